The van der Waals surface area contributed by atoms with Crippen LogP contribution in [0.2, 0.25) is 0 Å². The van der Waals surface area contributed by atoms with E-state index in [1.807, 2.05) is 29.0 Å². The molecule has 0 spiro atoms. The molecule has 0 radical (unpaired) electrons. The fourth-order valence-electron chi connectivity index (χ4n) is 2.21. The Morgan fingerprint density at radius 2 is 1.83 bits per heavy atom. The van der Waals surface area contributed by atoms with Crippen molar-refractivity contribution in [1.29, 1.82) is 0 Å². The second-order valence-corrected chi connectivity index (χ2v) is 7.63. The van der Waals surface area contributed by atoms with Gasteiger partial charge in [0.05, 0.1) is 15.5 Å². The van der Waals surface area contributed by atoms with Crippen molar-refractivity contribution in [2.24, 2.45) is 0 Å². The molecule has 122 valence electrons. The summed E-state index contributed by atoms with van der Waals surface area (Å²) < 4.78 is 7.82. The summed E-state index contributed by atoms with van der Waals surface area (Å²) in [5.41, 5.74) is 0. The van der Waals surface area contributed by atoms with Gasteiger partial charge in [-0.3, -0.25) is 0 Å². The van der Waals surface area contributed by atoms with Crippen molar-refractivity contribution >= 4 is 34.4 Å². The van der Waals surface area contributed by atoms with Gasteiger partial charge >= 0.3 is 0 Å². The lowest BCUT2D eigenvalue weighted by Gasteiger charge is -2.04. The number of hydrogen-bond acceptors (Lipinski definition) is 8. The molecular formula is C15H13N5OS3. The first-order chi connectivity index (χ1) is 11.8. The van der Waals surface area contributed by atoms with Gasteiger partial charge in [-0.25, -0.2) is 0 Å². The number of nitrogens with zero attached hydrogens (tertiary/aromatic N) is 5. The molecule has 0 bridgehead atoms. The number of rotatable bonds is 6. The van der Waals surface area contributed by atoms with Gasteiger partial charge in [0.2, 0.25) is 5.89 Å². The molecule has 4 aromatic rings. The highest BCUT2D eigenvalue weighted by molar-refractivity contribution is 7.98. The van der Waals surface area contributed by atoms with Crippen LogP contribution in [0.3, 0.4) is 0 Å². The molecule has 4 rings (SSSR count). The molecule has 6 nitrogen and oxygen atoms in total. The Balaban J connectivity index is 1.50. The molecule has 0 aliphatic carbocycles. The van der Waals surface area contributed by atoms with E-state index in [4.69, 9.17) is 4.42 Å². The maximum Gasteiger partial charge on any atom is 0.257 e. The Kier molecular flexibility index (Phi) is 4.46. The van der Waals surface area contributed by atoms with Crippen molar-refractivity contribution in [2.45, 2.75) is 24.4 Å². The second kappa shape index (κ2) is 6.88. The minimum atomic E-state index is 0.567. The molecule has 0 amide bonds. The minimum Gasteiger partial charge on any atom is -0.419 e. The average molecular weight is 376 g/mol. The van der Waals surface area contributed by atoms with Crippen molar-refractivity contribution in [3.63, 3.8) is 0 Å². The summed E-state index contributed by atoms with van der Waals surface area (Å²) in [5, 5.41) is 21.7. The van der Waals surface area contributed by atoms with E-state index in [-0.39, 0.29) is 0 Å². The summed E-state index contributed by atoms with van der Waals surface area (Å²) in [6.45, 7) is 2.90. The van der Waals surface area contributed by atoms with E-state index in [1.165, 1.54) is 0 Å². The number of thiophene rings is 2. The van der Waals surface area contributed by atoms with Crippen molar-refractivity contribution < 1.29 is 4.42 Å². The maximum atomic E-state index is 5.71. The summed E-state index contributed by atoms with van der Waals surface area (Å²) in [6, 6.07) is 8.01. The number of aromatic nitrogens is 5. The van der Waals surface area contributed by atoms with Crippen LogP contribution in [-0.2, 0) is 12.3 Å². The molecule has 0 fully saturated rings. The van der Waals surface area contributed by atoms with E-state index < -0.39 is 0 Å². The highest BCUT2D eigenvalue weighted by atomic mass is 32.2. The normalized spacial score (nSPS) is 11.2. The van der Waals surface area contributed by atoms with Gasteiger partial charge in [0.1, 0.15) is 0 Å². The van der Waals surface area contributed by atoms with E-state index in [1.54, 1.807) is 34.4 Å². The summed E-state index contributed by atoms with van der Waals surface area (Å²) in [7, 11) is 0. The van der Waals surface area contributed by atoms with Gasteiger partial charge in [0, 0.05) is 6.54 Å². The van der Waals surface area contributed by atoms with E-state index in [0.29, 0.717) is 17.5 Å². The molecule has 0 unspecified atom stereocenters. The Morgan fingerprint density at radius 3 is 2.54 bits per heavy atom. The van der Waals surface area contributed by atoms with Crippen LogP contribution in [0.5, 0.6) is 0 Å². The van der Waals surface area contributed by atoms with Gasteiger partial charge in [-0.15, -0.1) is 43.1 Å². The van der Waals surface area contributed by atoms with Crippen molar-refractivity contribution in [3.8, 4) is 21.5 Å². The average Bonchev–Trinajstić information content (AvgIpc) is 3.40. The highest BCUT2D eigenvalue weighted by Gasteiger charge is 2.16. The smallest absolute Gasteiger partial charge is 0.257 e. The van der Waals surface area contributed by atoms with Crippen LogP contribution in [-0.4, -0.2) is 25.0 Å². The van der Waals surface area contributed by atoms with Crippen LogP contribution in [0.25, 0.3) is 21.5 Å². The Bertz CT molecular complexity index is 911. The molecule has 4 heterocycles. The van der Waals surface area contributed by atoms with Crippen LogP contribution in [0.1, 0.15) is 12.8 Å². The van der Waals surface area contributed by atoms with Gasteiger partial charge in [-0.05, 0) is 29.8 Å². The van der Waals surface area contributed by atoms with E-state index in [0.717, 1.165) is 27.3 Å². The zero-order chi connectivity index (χ0) is 16.4. The standard InChI is InChI=1S/C15H13N5OS3/c1-2-20-13(10-5-3-7-22-10)17-19-15(20)24-9-12-16-18-14(21-12)11-6-4-8-23-11/h3-8H,2,9H2,1H3. The molecule has 4 aromatic heterocycles. The van der Waals surface area contributed by atoms with Crippen LogP contribution in [0.4, 0.5) is 0 Å². The lowest BCUT2D eigenvalue weighted by molar-refractivity contribution is 0.529. The van der Waals surface area contributed by atoms with Gasteiger partial charge < -0.3 is 8.98 Å². The van der Waals surface area contributed by atoms with Gasteiger partial charge in [-0.1, -0.05) is 23.9 Å². The zero-order valence-corrected chi connectivity index (χ0v) is 15.2. The quantitative estimate of drug-likeness (QED) is 0.464. The number of hydrogen-bond donors (Lipinski definition) is 0. The molecule has 9 heteroatoms. The number of thioether (sulfide) groups is 1. The molecule has 0 saturated heterocycles. The third-order valence-corrected chi connectivity index (χ3v) is 5.97. The Labute approximate surface area is 150 Å². The summed E-state index contributed by atoms with van der Waals surface area (Å²) in [4.78, 5) is 2.10. The van der Waals surface area contributed by atoms with Crippen molar-refractivity contribution in [3.05, 3.63) is 40.9 Å². The van der Waals surface area contributed by atoms with E-state index in [9.17, 15) is 0 Å². The molecule has 0 N–H and O–H groups in total. The molecule has 0 saturated carbocycles. The fraction of sp³-hybridized carbons (Fsp3) is 0.200. The molecular weight excluding hydrogens is 362 g/mol. The minimum absolute atomic E-state index is 0.567. The lowest BCUT2D eigenvalue weighted by Crippen LogP contribution is -1.99. The summed E-state index contributed by atoms with van der Waals surface area (Å²) >= 11 is 4.80. The lowest BCUT2D eigenvalue weighted by atomic mass is 10.4. The molecule has 0 aromatic carbocycles. The third kappa shape index (κ3) is 3.02. The van der Waals surface area contributed by atoms with E-state index >= 15 is 0 Å². The van der Waals surface area contributed by atoms with Gasteiger partial charge in [0.25, 0.3) is 5.89 Å². The van der Waals surface area contributed by atoms with E-state index in [2.05, 4.69) is 38.0 Å². The SMILES string of the molecule is CCn1c(SCc2nnc(-c3cccs3)o2)nnc1-c1cccs1. The van der Waals surface area contributed by atoms with Crippen molar-refractivity contribution in [1.82, 2.24) is 25.0 Å². The molecule has 0 atom stereocenters. The van der Waals surface area contributed by atoms with Crippen LogP contribution >= 0.6 is 34.4 Å². The highest BCUT2D eigenvalue weighted by Crippen LogP contribution is 2.29. The predicted octanol–water partition coefficient (Wildman–Crippen LogP) is 4.43. The molecule has 0 aliphatic rings. The monoisotopic (exact) mass is 375 g/mol. The second-order valence-electron chi connectivity index (χ2n) is 4.79. The zero-order valence-electron chi connectivity index (χ0n) is 12.7. The summed E-state index contributed by atoms with van der Waals surface area (Å²) in [5.74, 6) is 2.63. The summed E-state index contributed by atoms with van der Waals surface area (Å²) in [6.07, 6.45) is 0. The largest absolute Gasteiger partial charge is 0.419 e. The first-order valence-electron chi connectivity index (χ1n) is 7.31. The first-order valence-corrected chi connectivity index (χ1v) is 10.1. The van der Waals surface area contributed by atoms with Gasteiger partial charge in [-0.2, -0.15) is 0 Å². The van der Waals surface area contributed by atoms with Crippen LogP contribution < -0.4 is 0 Å². The molecule has 24 heavy (non-hydrogen) atoms. The fourth-order valence-corrected chi connectivity index (χ4v) is 4.41. The Morgan fingerprint density at radius 1 is 1.04 bits per heavy atom. The van der Waals surface area contributed by atoms with Crippen molar-refractivity contribution in [2.75, 3.05) is 0 Å². The first kappa shape index (κ1) is 15.6. The van der Waals surface area contributed by atoms with Crippen LogP contribution in [0.15, 0.2) is 44.6 Å². The molecule has 0 aliphatic heterocycles. The topological polar surface area (TPSA) is 69.6 Å². The predicted molar refractivity (Wildman–Crippen MR) is 96.2 cm³/mol. The van der Waals surface area contributed by atoms with Crippen LogP contribution in [0, 0.1) is 0 Å². The Hall–Kier alpha value is -1.97. The van der Waals surface area contributed by atoms with Gasteiger partial charge in [0.15, 0.2) is 11.0 Å². The maximum absolute atomic E-state index is 5.71. The third-order valence-electron chi connectivity index (χ3n) is 3.30.